The van der Waals surface area contributed by atoms with E-state index in [1.807, 2.05) is 29.2 Å². The third-order valence-corrected chi connectivity index (χ3v) is 9.05. The molecule has 1 aromatic carbocycles. The molecule has 1 saturated carbocycles. The highest BCUT2D eigenvalue weighted by Gasteiger charge is 2.43. The molecule has 2 fully saturated rings. The predicted octanol–water partition coefficient (Wildman–Crippen LogP) is 2.57. The normalized spacial score (nSPS) is 18.7. The van der Waals surface area contributed by atoms with Crippen LogP contribution in [0, 0.1) is 5.41 Å². The van der Waals surface area contributed by atoms with Crippen LogP contribution in [0.2, 0.25) is 0 Å². The van der Waals surface area contributed by atoms with Gasteiger partial charge in [-0.25, -0.2) is 23.4 Å². The van der Waals surface area contributed by atoms with Gasteiger partial charge in [0.25, 0.3) is 5.91 Å². The molecule has 5 rings (SSSR count). The van der Waals surface area contributed by atoms with Gasteiger partial charge in [0.1, 0.15) is 11.7 Å². The molecular formula is C26H29N7O3S. The van der Waals surface area contributed by atoms with Crippen LogP contribution in [0.25, 0.3) is 11.1 Å². The number of aromatic nitrogens is 3. The lowest BCUT2D eigenvalue weighted by molar-refractivity contribution is 0.0971. The Hall–Kier alpha value is -3.86. The molecule has 1 amide bonds. The van der Waals surface area contributed by atoms with Crippen molar-refractivity contribution >= 4 is 33.3 Å². The molecule has 192 valence electrons. The zero-order valence-corrected chi connectivity index (χ0v) is 21.3. The van der Waals surface area contributed by atoms with Gasteiger partial charge < -0.3 is 16.0 Å². The van der Waals surface area contributed by atoms with E-state index in [9.17, 15) is 13.2 Å². The number of rotatable bonds is 6. The average Bonchev–Trinajstić information content (AvgIpc) is 3.36. The zero-order valence-electron chi connectivity index (χ0n) is 20.5. The van der Waals surface area contributed by atoms with Crippen molar-refractivity contribution in [2.75, 3.05) is 30.0 Å². The minimum absolute atomic E-state index is 0.173. The summed E-state index contributed by atoms with van der Waals surface area (Å²) in [6.45, 7) is 1.00. The first-order chi connectivity index (χ1) is 17.7. The van der Waals surface area contributed by atoms with Crippen molar-refractivity contribution in [3.63, 3.8) is 0 Å². The zero-order chi connectivity index (χ0) is 26.2. The van der Waals surface area contributed by atoms with Crippen molar-refractivity contribution in [1.29, 1.82) is 5.41 Å². The van der Waals surface area contributed by atoms with Gasteiger partial charge in [0.2, 0.25) is 5.95 Å². The fourth-order valence-corrected chi connectivity index (χ4v) is 5.96. The first-order valence-corrected chi connectivity index (χ1v) is 14.1. The van der Waals surface area contributed by atoms with E-state index in [-0.39, 0.29) is 17.7 Å². The van der Waals surface area contributed by atoms with Gasteiger partial charge in [-0.2, -0.15) is 0 Å². The Morgan fingerprint density at radius 2 is 1.76 bits per heavy atom. The van der Waals surface area contributed by atoms with E-state index in [0.717, 1.165) is 36.0 Å². The number of hydrogen-bond acceptors (Lipinski definition) is 9. The highest BCUT2D eigenvalue weighted by Crippen LogP contribution is 2.44. The number of nitrogens with one attached hydrogen (secondary N) is 2. The van der Waals surface area contributed by atoms with E-state index in [0.29, 0.717) is 30.9 Å². The molecule has 1 aliphatic heterocycles. The SMILES string of the molecule is CS(=O)(=O)C1CCN(c2ccc(C(=O)NC(=N)C3(c4ccc(-c5cnc(N)nc5)cc4)CCC3)cn2)C1. The van der Waals surface area contributed by atoms with Crippen LogP contribution < -0.4 is 16.0 Å². The smallest absolute Gasteiger partial charge is 0.258 e. The number of amides is 1. The number of nitrogens with two attached hydrogens (primary N) is 1. The number of anilines is 2. The van der Waals surface area contributed by atoms with Gasteiger partial charge in [0.05, 0.1) is 16.2 Å². The first-order valence-electron chi connectivity index (χ1n) is 12.1. The van der Waals surface area contributed by atoms with Crippen molar-refractivity contribution in [1.82, 2.24) is 20.3 Å². The van der Waals surface area contributed by atoms with Crippen molar-refractivity contribution in [3.05, 3.63) is 66.1 Å². The Kier molecular flexibility index (Phi) is 6.40. The molecular weight excluding hydrogens is 490 g/mol. The topological polar surface area (TPSA) is 155 Å². The highest BCUT2D eigenvalue weighted by atomic mass is 32.2. The summed E-state index contributed by atoms with van der Waals surface area (Å²) >= 11 is 0. The van der Waals surface area contributed by atoms with Crippen LogP contribution in [0.1, 0.15) is 41.6 Å². The lowest BCUT2D eigenvalue weighted by Crippen LogP contribution is -2.50. The highest BCUT2D eigenvalue weighted by molar-refractivity contribution is 7.91. The molecule has 11 heteroatoms. The summed E-state index contributed by atoms with van der Waals surface area (Å²) in [6, 6.07) is 11.3. The molecule has 1 unspecified atom stereocenters. The maximum atomic E-state index is 12.9. The number of nitrogen functional groups attached to an aromatic ring is 1. The molecule has 0 spiro atoms. The summed E-state index contributed by atoms with van der Waals surface area (Å²) in [7, 11) is -3.10. The standard InChI is InChI=1S/C26H29N7O3S/c1-37(35,36)21-9-12-33(16-21)22-8-5-18(13-29-22)23(34)32-24(27)26(10-2-11-26)20-6-3-17(4-7-20)19-14-30-25(28)31-15-19/h3-8,13-15,21H,2,9-12,16H2,1H3,(H2,27,32,34)(H2,28,30,31). The maximum absolute atomic E-state index is 12.9. The summed E-state index contributed by atoms with van der Waals surface area (Å²) in [5.74, 6) is 0.646. The van der Waals surface area contributed by atoms with Crippen LogP contribution >= 0.6 is 0 Å². The average molecular weight is 520 g/mol. The van der Waals surface area contributed by atoms with Gasteiger partial charge in [-0.1, -0.05) is 30.7 Å². The van der Waals surface area contributed by atoms with Crippen LogP contribution in [0.5, 0.6) is 0 Å². The third-order valence-electron chi connectivity index (χ3n) is 7.45. The fourth-order valence-electron chi connectivity index (χ4n) is 4.98. The Balaban J connectivity index is 1.26. The summed E-state index contributed by atoms with van der Waals surface area (Å²) in [5.41, 5.74) is 8.17. The number of benzene rings is 1. The van der Waals surface area contributed by atoms with Crippen LogP contribution in [-0.2, 0) is 15.3 Å². The minimum Gasteiger partial charge on any atom is -0.368 e. The quantitative estimate of drug-likeness (QED) is 0.331. The summed E-state index contributed by atoms with van der Waals surface area (Å²) in [6.07, 6.45) is 9.19. The van der Waals surface area contributed by atoms with Gasteiger partial charge >= 0.3 is 0 Å². The number of carbonyl (C=O) groups is 1. The summed E-state index contributed by atoms with van der Waals surface area (Å²) in [4.78, 5) is 27.3. The van der Waals surface area contributed by atoms with Crippen molar-refractivity contribution in [2.24, 2.45) is 0 Å². The second-order valence-corrected chi connectivity index (χ2v) is 12.1. The largest absolute Gasteiger partial charge is 0.368 e. The molecule has 2 aromatic heterocycles. The molecule has 0 radical (unpaired) electrons. The molecule has 2 aliphatic rings. The Morgan fingerprint density at radius 1 is 1.05 bits per heavy atom. The molecule has 10 nitrogen and oxygen atoms in total. The van der Waals surface area contributed by atoms with Crippen molar-refractivity contribution in [2.45, 2.75) is 36.3 Å². The summed E-state index contributed by atoms with van der Waals surface area (Å²) in [5, 5.41) is 11.1. The van der Waals surface area contributed by atoms with E-state index < -0.39 is 20.5 Å². The number of nitrogens with zero attached hydrogens (tertiary/aromatic N) is 4. The van der Waals surface area contributed by atoms with Gasteiger partial charge in [0, 0.05) is 43.5 Å². The number of pyridine rings is 1. The van der Waals surface area contributed by atoms with E-state index in [4.69, 9.17) is 11.1 Å². The molecule has 4 N–H and O–H groups in total. The molecule has 3 aromatic rings. The fraction of sp³-hybridized carbons (Fsp3) is 0.346. The van der Waals surface area contributed by atoms with Gasteiger partial charge in [0.15, 0.2) is 9.84 Å². The second kappa shape index (κ2) is 9.55. The van der Waals surface area contributed by atoms with Gasteiger partial charge in [-0.05, 0) is 42.5 Å². The predicted molar refractivity (Wildman–Crippen MR) is 142 cm³/mol. The molecule has 0 bridgehead atoms. The van der Waals surface area contributed by atoms with Gasteiger partial charge in [-0.3, -0.25) is 10.2 Å². The number of amidine groups is 1. The minimum atomic E-state index is -3.10. The number of sulfone groups is 1. The van der Waals surface area contributed by atoms with Crippen molar-refractivity contribution in [3.8, 4) is 11.1 Å². The number of carbonyl (C=O) groups excluding carboxylic acids is 1. The van der Waals surface area contributed by atoms with E-state index in [1.165, 1.54) is 12.5 Å². The molecule has 3 heterocycles. The molecule has 1 atom stereocenters. The van der Waals surface area contributed by atoms with E-state index >= 15 is 0 Å². The second-order valence-electron chi connectivity index (χ2n) is 9.76. The number of hydrogen-bond donors (Lipinski definition) is 3. The van der Waals surface area contributed by atoms with Crippen LogP contribution in [-0.4, -0.2) is 59.7 Å². The van der Waals surface area contributed by atoms with E-state index in [1.54, 1.807) is 24.5 Å². The van der Waals surface area contributed by atoms with Gasteiger partial charge in [-0.15, -0.1) is 0 Å². The molecule has 1 saturated heterocycles. The van der Waals surface area contributed by atoms with E-state index in [2.05, 4.69) is 20.3 Å². The molecule has 1 aliphatic carbocycles. The Morgan fingerprint density at radius 3 is 2.30 bits per heavy atom. The maximum Gasteiger partial charge on any atom is 0.258 e. The lowest BCUT2D eigenvalue weighted by Gasteiger charge is -2.42. The monoisotopic (exact) mass is 519 g/mol. The van der Waals surface area contributed by atoms with Crippen LogP contribution in [0.3, 0.4) is 0 Å². The first kappa shape index (κ1) is 24.8. The van der Waals surface area contributed by atoms with Crippen LogP contribution in [0.4, 0.5) is 11.8 Å². The van der Waals surface area contributed by atoms with Crippen LogP contribution in [0.15, 0.2) is 55.0 Å². The Labute approximate surface area is 215 Å². The third kappa shape index (κ3) is 4.91. The Bertz CT molecular complexity index is 1420. The van der Waals surface area contributed by atoms with Crippen molar-refractivity contribution < 1.29 is 13.2 Å². The summed E-state index contributed by atoms with van der Waals surface area (Å²) < 4.78 is 23.7. The lowest BCUT2D eigenvalue weighted by atomic mass is 9.63. The molecule has 37 heavy (non-hydrogen) atoms.